The fraction of sp³-hybridized carbons (Fsp3) is 0.455. The van der Waals surface area contributed by atoms with Crippen LogP contribution in [0.25, 0.3) is 0 Å². The molecule has 1 aliphatic rings. The molecule has 0 radical (unpaired) electrons. The van der Waals surface area contributed by atoms with Crippen molar-refractivity contribution in [1.82, 2.24) is 0 Å². The molecule has 0 aromatic heterocycles. The van der Waals surface area contributed by atoms with Gasteiger partial charge in [-0.2, -0.15) is 0 Å². The first-order valence-electron chi connectivity index (χ1n) is 4.53. The van der Waals surface area contributed by atoms with E-state index >= 15 is 0 Å². The molecule has 0 aliphatic heterocycles. The molecular formula is C11H13BrO. The van der Waals surface area contributed by atoms with Gasteiger partial charge in [0.25, 0.3) is 0 Å². The summed E-state index contributed by atoms with van der Waals surface area (Å²) in [7, 11) is 0. The molecule has 2 heteroatoms. The molecule has 0 unspecified atom stereocenters. The van der Waals surface area contributed by atoms with Crippen molar-refractivity contribution in [1.29, 1.82) is 0 Å². The highest BCUT2D eigenvalue weighted by atomic mass is 79.9. The van der Waals surface area contributed by atoms with Gasteiger partial charge < -0.3 is 5.11 Å². The second kappa shape index (κ2) is 2.82. The highest BCUT2D eigenvalue weighted by molar-refractivity contribution is 9.10. The van der Waals surface area contributed by atoms with E-state index in [1.165, 1.54) is 11.1 Å². The third-order valence-corrected chi connectivity index (χ3v) is 3.81. The normalized spacial score (nSPS) is 18.8. The molecule has 0 amide bonds. The first kappa shape index (κ1) is 9.22. The summed E-state index contributed by atoms with van der Waals surface area (Å²) in [5.74, 6) is 0. The maximum Gasteiger partial charge on any atom is 0.0901 e. The van der Waals surface area contributed by atoms with Crippen LogP contribution in [0.5, 0.6) is 0 Å². The summed E-state index contributed by atoms with van der Waals surface area (Å²) in [6, 6.07) is 4.05. The van der Waals surface area contributed by atoms with Gasteiger partial charge in [-0.05, 0) is 49.4 Å². The summed E-state index contributed by atoms with van der Waals surface area (Å²) in [5.41, 5.74) is 3.05. The Hall–Kier alpha value is -0.340. The van der Waals surface area contributed by atoms with Crippen molar-refractivity contribution < 1.29 is 5.11 Å². The molecular weight excluding hydrogens is 228 g/mol. The Balaban J connectivity index is 2.54. The van der Waals surface area contributed by atoms with E-state index in [0.717, 1.165) is 22.9 Å². The average Bonchev–Trinajstić information content (AvgIpc) is 2.80. The number of halogens is 1. The summed E-state index contributed by atoms with van der Waals surface area (Å²) in [6.07, 6.45) is 1.82. The summed E-state index contributed by atoms with van der Waals surface area (Å²) in [4.78, 5) is 0. The number of aliphatic hydroxyl groups is 1. The van der Waals surface area contributed by atoms with Gasteiger partial charge >= 0.3 is 0 Å². The first-order valence-corrected chi connectivity index (χ1v) is 5.32. The second-order valence-corrected chi connectivity index (χ2v) is 4.73. The van der Waals surface area contributed by atoms with Crippen LogP contribution >= 0.6 is 15.9 Å². The van der Waals surface area contributed by atoms with Gasteiger partial charge in [-0.3, -0.25) is 0 Å². The molecule has 0 bridgehead atoms. The maximum absolute atomic E-state index is 9.98. The molecule has 1 nitrogen and oxygen atoms in total. The molecule has 1 aliphatic carbocycles. The van der Waals surface area contributed by atoms with Gasteiger partial charge in [-0.15, -0.1) is 0 Å². The third-order valence-electron chi connectivity index (χ3n) is 2.95. The quantitative estimate of drug-likeness (QED) is 0.801. The summed E-state index contributed by atoms with van der Waals surface area (Å²) >= 11 is 3.49. The molecule has 0 heterocycles. The van der Waals surface area contributed by atoms with E-state index in [2.05, 4.69) is 29.8 Å². The second-order valence-electron chi connectivity index (χ2n) is 3.88. The highest BCUT2D eigenvalue weighted by Gasteiger charge is 2.43. The molecule has 13 heavy (non-hydrogen) atoms. The molecule has 1 saturated carbocycles. The molecule has 70 valence electrons. The van der Waals surface area contributed by atoms with E-state index in [-0.39, 0.29) is 0 Å². The molecule has 1 fully saturated rings. The fourth-order valence-electron chi connectivity index (χ4n) is 1.68. The summed E-state index contributed by atoms with van der Waals surface area (Å²) < 4.78 is 1.12. The van der Waals surface area contributed by atoms with Gasteiger partial charge in [0.2, 0.25) is 0 Å². The number of benzene rings is 1. The maximum atomic E-state index is 9.98. The van der Waals surface area contributed by atoms with Gasteiger partial charge in [0.1, 0.15) is 0 Å². The van der Waals surface area contributed by atoms with Crippen molar-refractivity contribution in [2.24, 2.45) is 0 Å². The van der Waals surface area contributed by atoms with Crippen LogP contribution in [0, 0.1) is 13.8 Å². The van der Waals surface area contributed by atoms with Crippen LogP contribution in [0.2, 0.25) is 0 Å². The SMILES string of the molecule is Cc1c(Br)ccc(C2(O)CC2)c1C. The largest absolute Gasteiger partial charge is 0.385 e. The molecule has 2 rings (SSSR count). The Morgan fingerprint density at radius 2 is 1.85 bits per heavy atom. The molecule has 0 saturated heterocycles. The lowest BCUT2D eigenvalue weighted by Crippen LogP contribution is -2.07. The minimum atomic E-state index is -0.504. The Morgan fingerprint density at radius 1 is 1.23 bits per heavy atom. The van der Waals surface area contributed by atoms with Gasteiger partial charge in [0.15, 0.2) is 0 Å². The zero-order valence-corrected chi connectivity index (χ0v) is 9.48. The van der Waals surface area contributed by atoms with Gasteiger partial charge in [0.05, 0.1) is 5.60 Å². The van der Waals surface area contributed by atoms with Crippen molar-refractivity contribution in [2.75, 3.05) is 0 Å². The van der Waals surface area contributed by atoms with Crippen LogP contribution in [-0.4, -0.2) is 5.11 Å². The number of hydrogen-bond acceptors (Lipinski definition) is 1. The molecule has 1 aromatic rings. The van der Waals surface area contributed by atoms with E-state index in [0.29, 0.717) is 0 Å². The van der Waals surface area contributed by atoms with E-state index in [9.17, 15) is 5.11 Å². The van der Waals surface area contributed by atoms with E-state index < -0.39 is 5.60 Å². The third kappa shape index (κ3) is 1.42. The van der Waals surface area contributed by atoms with Crippen molar-refractivity contribution >= 4 is 15.9 Å². The topological polar surface area (TPSA) is 20.2 Å². The molecule has 0 atom stereocenters. The number of hydrogen-bond donors (Lipinski definition) is 1. The van der Waals surface area contributed by atoms with Crippen LogP contribution in [0.4, 0.5) is 0 Å². The van der Waals surface area contributed by atoms with Crippen LogP contribution in [-0.2, 0) is 5.60 Å². The summed E-state index contributed by atoms with van der Waals surface area (Å²) in [6.45, 7) is 4.15. The minimum absolute atomic E-state index is 0.504. The zero-order valence-electron chi connectivity index (χ0n) is 7.89. The van der Waals surface area contributed by atoms with E-state index in [4.69, 9.17) is 0 Å². The molecule has 1 N–H and O–H groups in total. The molecule has 0 spiro atoms. The Labute approximate surface area is 86.9 Å². The average molecular weight is 241 g/mol. The highest BCUT2D eigenvalue weighted by Crippen LogP contribution is 2.47. The van der Waals surface area contributed by atoms with Crippen LogP contribution in [0.3, 0.4) is 0 Å². The van der Waals surface area contributed by atoms with Crippen molar-refractivity contribution in [3.05, 3.63) is 33.3 Å². The lowest BCUT2D eigenvalue weighted by molar-refractivity contribution is 0.150. The van der Waals surface area contributed by atoms with Crippen LogP contribution in [0.1, 0.15) is 29.5 Å². The number of rotatable bonds is 1. The smallest absolute Gasteiger partial charge is 0.0901 e. The minimum Gasteiger partial charge on any atom is -0.385 e. The van der Waals surface area contributed by atoms with Gasteiger partial charge in [-0.25, -0.2) is 0 Å². The Bertz CT molecular complexity index is 353. The molecule has 1 aromatic carbocycles. The zero-order chi connectivity index (χ0) is 9.64. The van der Waals surface area contributed by atoms with E-state index in [1.807, 2.05) is 12.1 Å². The van der Waals surface area contributed by atoms with Crippen LogP contribution < -0.4 is 0 Å². The lowest BCUT2D eigenvalue weighted by Gasteiger charge is -2.14. The standard InChI is InChI=1S/C11H13BrO/c1-7-8(2)10(12)4-3-9(7)11(13)5-6-11/h3-4,13H,5-6H2,1-2H3. The van der Waals surface area contributed by atoms with Crippen molar-refractivity contribution in [3.8, 4) is 0 Å². The van der Waals surface area contributed by atoms with Crippen LogP contribution in [0.15, 0.2) is 16.6 Å². The van der Waals surface area contributed by atoms with Crippen molar-refractivity contribution in [2.45, 2.75) is 32.3 Å². The fourth-order valence-corrected chi connectivity index (χ4v) is 2.11. The van der Waals surface area contributed by atoms with E-state index in [1.54, 1.807) is 0 Å². The predicted molar refractivity (Wildman–Crippen MR) is 56.7 cm³/mol. The predicted octanol–water partition coefficient (Wildman–Crippen LogP) is 3.05. The Kier molecular flexibility index (Phi) is 2.00. The summed E-state index contributed by atoms with van der Waals surface area (Å²) in [5, 5.41) is 9.98. The lowest BCUT2D eigenvalue weighted by atomic mass is 9.98. The van der Waals surface area contributed by atoms with Gasteiger partial charge in [0, 0.05) is 4.47 Å². The van der Waals surface area contributed by atoms with Crippen molar-refractivity contribution in [3.63, 3.8) is 0 Å². The van der Waals surface area contributed by atoms with Gasteiger partial charge in [-0.1, -0.05) is 22.0 Å². The first-order chi connectivity index (χ1) is 6.04. The Morgan fingerprint density at radius 3 is 2.38 bits per heavy atom. The monoisotopic (exact) mass is 240 g/mol.